The zero-order valence-corrected chi connectivity index (χ0v) is 21.2. The molecule has 8 nitrogen and oxygen atoms in total. The molecule has 2 N–H and O–H groups in total. The molecule has 1 aliphatic rings. The molecule has 4 rings (SSSR count). The van der Waals surface area contributed by atoms with Crippen LogP contribution in [0.15, 0.2) is 65.5 Å². The Labute approximate surface area is 215 Å². The number of piperazine rings is 1. The highest BCUT2D eigenvalue weighted by Gasteiger charge is 2.31. The molecule has 0 atom stereocenters. The lowest BCUT2D eigenvalue weighted by molar-refractivity contribution is 0.0725. The lowest BCUT2D eigenvalue weighted by Gasteiger charge is -2.28. The van der Waals surface area contributed by atoms with Crippen LogP contribution in [0.4, 0.5) is 4.39 Å². The van der Waals surface area contributed by atoms with E-state index in [1.807, 2.05) is 50.3 Å². The number of nitrogens with one attached hydrogen (secondary N) is 2. The summed E-state index contributed by atoms with van der Waals surface area (Å²) in [7, 11) is 0. The van der Waals surface area contributed by atoms with E-state index in [1.54, 1.807) is 15.5 Å². The van der Waals surface area contributed by atoms with E-state index in [1.165, 1.54) is 22.8 Å². The fourth-order valence-corrected chi connectivity index (χ4v) is 4.63. The largest absolute Gasteiger partial charge is 0.350 e. The maximum Gasteiger partial charge on any atom is 0.333 e. The Morgan fingerprint density at radius 1 is 1.05 bits per heavy atom. The van der Waals surface area contributed by atoms with Gasteiger partial charge in [0, 0.05) is 50.5 Å². The average Bonchev–Trinajstić information content (AvgIpc) is 3.22. The van der Waals surface area contributed by atoms with Gasteiger partial charge in [0.05, 0.1) is 11.3 Å². The molecule has 9 heteroatoms. The predicted molar refractivity (Wildman–Crippen MR) is 142 cm³/mol. The number of benzene rings is 2. The van der Waals surface area contributed by atoms with E-state index in [0.29, 0.717) is 38.3 Å². The summed E-state index contributed by atoms with van der Waals surface area (Å²) in [5, 5.41) is 5.94. The maximum atomic E-state index is 14.1. The summed E-state index contributed by atoms with van der Waals surface area (Å²) < 4.78 is 17.1. The third-order valence-electron chi connectivity index (χ3n) is 6.52. The van der Waals surface area contributed by atoms with Crippen molar-refractivity contribution in [3.63, 3.8) is 0 Å². The Bertz CT molecular complexity index is 1350. The average molecular weight is 506 g/mol. The molecule has 2 amide bonds. The first-order valence-electron chi connectivity index (χ1n) is 12.6. The molecule has 0 radical (unpaired) electrons. The van der Waals surface area contributed by atoms with Gasteiger partial charge in [-0.2, -0.15) is 0 Å². The van der Waals surface area contributed by atoms with Crippen LogP contribution in [0.25, 0.3) is 17.0 Å². The number of carbonyl (C=O) groups excluding carboxylic acids is 2. The molecule has 3 aromatic rings. The number of imidazole rings is 1. The summed E-state index contributed by atoms with van der Waals surface area (Å²) in [6.45, 7) is 6.33. The van der Waals surface area contributed by atoms with Crippen LogP contribution in [0.1, 0.15) is 41.1 Å². The van der Waals surface area contributed by atoms with E-state index in [0.717, 1.165) is 11.3 Å². The van der Waals surface area contributed by atoms with Gasteiger partial charge in [-0.25, -0.2) is 9.18 Å². The first-order chi connectivity index (χ1) is 18.0. The summed E-state index contributed by atoms with van der Waals surface area (Å²) in [4.78, 5) is 42.1. The molecule has 0 saturated carbocycles. The second-order valence-corrected chi connectivity index (χ2v) is 8.74. The number of nitrogens with zero attached hydrogens (tertiary/aromatic N) is 3. The van der Waals surface area contributed by atoms with Crippen LogP contribution in [0.5, 0.6) is 0 Å². The molecular weight excluding hydrogens is 473 g/mol. The predicted octanol–water partition coefficient (Wildman–Crippen LogP) is 3.20. The summed E-state index contributed by atoms with van der Waals surface area (Å²) in [6, 6.07) is 15.1. The number of halogens is 1. The molecule has 2 aromatic carbocycles. The lowest BCUT2D eigenvalue weighted by Crippen LogP contribution is -2.47. The van der Waals surface area contributed by atoms with Crippen molar-refractivity contribution in [1.82, 2.24) is 24.7 Å². The van der Waals surface area contributed by atoms with Gasteiger partial charge in [-0.15, -0.1) is 0 Å². The molecule has 0 unspecified atom stereocenters. The van der Waals surface area contributed by atoms with Crippen molar-refractivity contribution in [3.8, 4) is 11.3 Å². The highest BCUT2D eigenvalue weighted by Crippen LogP contribution is 2.28. The van der Waals surface area contributed by atoms with Gasteiger partial charge in [-0.1, -0.05) is 55.5 Å². The van der Waals surface area contributed by atoms with Crippen LogP contribution in [0.3, 0.4) is 0 Å². The number of aromatic nitrogens is 2. The van der Waals surface area contributed by atoms with E-state index < -0.39 is 11.7 Å². The highest BCUT2D eigenvalue weighted by atomic mass is 19.1. The van der Waals surface area contributed by atoms with Crippen molar-refractivity contribution in [1.29, 1.82) is 0 Å². The Morgan fingerprint density at radius 3 is 2.38 bits per heavy atom. The smallest absolute Gasteiger partial charge is 0.333 e. The Hall–Kier alpha value is -3.98. The topological polar surface area (TPSA) is 88.4 Å². The zero-order valence-electron chi connectivity index (χ0n) is 21.2. The number of rotatable bonds is 8. The van der Waals surface area contributed by atoms with E-state index in [4.69, 9.17) is 0 Å². The van der Waals surface area contributed by atoms with Gasteiger partial charge in [0.25, 0.3) is 11.8 Å². The lowest BCUT2D eigenvalue weighted by atomic mass is 10.1. The van der Waals surface area contributed by atoms with Crippen molar-refractivity contribution >= 4 is 17.5 Å². The molecule has 194 valence electrons. The summed E-state index contributed by atoms with van der Waals surface area (Å²) in [5.74, 6) is -1.43. The van der Waals surface area contributed by atoms with E-state index >= 15 is 0 Å². The van der Waals surface area contributed by atoms with E-state index in [9.17, 15) is 18.8 Å². The molecule has 1 saturated heterocycles. The number of carbonyl (C=O) groups is 2. The second kappa shape index (κ2) is 11.8. The van der Waals surface area contributed by atoms with Gasteiger partial charge >= 0.3 is 5.69 Å². The third kappa shape index (κ3) is 5.41. The van der Waals surface area contributed by atoms with Gasteiger partial charge in [-0.3, -0.25) is 18.7 Å². The number of amides is 2. The van der Waals surface area contributed by atoms with Gasteiger partial charge < -0.3 is 15.5 Å². The van der Waals surface area contributed by atoms with Crippen LogP contribution >= 0.6 is 0 Å². The molecule has 37 heavy (non-hydrogen) atoms. The zero-order chi connectivity index (χ0) is 26.4. The van der Waals surface area contributed by atoms with Crippen LogP contribution in [-0.2, 0) is 6.54 Å². The third-order valence-corrected chi connectivity index (χ3v) is 6.52. The molecule has 0 bridgehead atoms. The monoisotopic (exact) mass is 505 g/mol. The second-order valence-electron chi connectivity index (χ2n) is 8.74. The van der Waals surface area contributed by atoms with Crippen molar-refractivity contribution in [2.24, 2.45) is 0 Å². The van der Waals surface area contributed by atoms with Crippen molar-refractivity contribution < 1.29 is 14.0 Å². The minimum absolute atomic E-state index is 0.0461. The van der Waals surface area contributed by atoms with Crippen LogP contribution in [0, 0.1) is 5.82 Å². The number of hydrogen-bond donors (Lipinski definition) is 2. The Kier molecular flexibility index (Phi) is 8.35. The fraction of sp³-hybridized carbons (Fsp3) is 0.321. The molecular formula is C28H32FN5O3. The molecule has 1 aliphatic heterocycles. The van der Waals surface area contributed by atoms with Crippen LogP contribution < -0.4 is 16.3 Å². The van der Waals surface area contributed by atoms with Crippen LogP contribution in [-0.4, -0.2) is 58.6 Å². The normalized spacial score (nSPS) is 14.0. The van der Waals surface area contributed by atoms with Crippen molar-refractivity contribution in [3.05, 3.63) is 88.2 Å². The van der Waals surface area contributed by atoms with Gasteiger partial charge in [0.1, 0.15) is 11.5 Å². The van der Waals surface area contributed by atoms with Crippen LogP contribution in [0.2, 0.25) is 0 Å². The van der Waals surface area contributed by atoms with E-state index in [2.05, 4.69) is 10.6 Å². The summed E-state index contributed by atoms with van der Waals surface area (Å²) in [6.07, 6.45) is 2.46. The van der Waals surface area contributed by atoms with Crippen molar-refractivity contribution in [2.45, 2.75) is 26.8 Å². The first kappa shape index (κ1) is 26.1. The van der Waals surface area contributed by atoms with Gasteiger partial charge in [0.2, 0.25) is 0 Å². The minimum Gasteiger partial charge on any atom is -0.350 e. The molecule has 1 aromatic heterocycles. The minimum atomic E-state index is -0.620. The van der Waals surface area contributed by atoms with Crippen molar-refractivity contribution in [2.75, 3.05) is 32.7 Å². The SMILES string of the molecule is CC=C(CC)n1c(-c2ccccc2)c(C(=O)N2CCNCC2)n(CCNC(=O)c2ccccc2F)c1=O. The first-order valence-corrected chi connectivity index (χ1v) is 12.6. The number of allylic oxidation sites excluding steroid dienone is 2. The van der Waals surface area contributed by atoms with Gasteiger partial charge in [0.15, 0.2) is 0 Å². The molecule has 1 fully saturated rings. The Morgan fingerprint density at radius 2 is 1.73 bits per heavy atom. The molecule has 2 heterocycles. The van der Waals surface area contributed by atoms with Gasteiger partial charge in [-0.05, 0) is 25.5 Å². The maximum absolute atomic E-state index is 14.1. The highest BCUT2D eigenvalue weighted by molar-refractivity contribution is 5.99. The quantitative estimate of drug-likeness (QED) is 0.492. The van der Waals surface area contributed by atoms with E-state index in [-0.39, 0.29) is 35.9 Å². The summed E-state index contributed by atoms with van der Waals surface area (Å²) >= 11 is 0. The summed E-state index contributed by atoms with van der Waals surface area (Å²) in [5.41, 5.74) is 1.91. The molecule has 0 spiro atoms. The fourth-order valence-electron chi connectivity index (χ4n) is 4.63. The molecule has 0 aliphatic carbocycles. The standard InChI is InChI=1S/C28H32FN5O3/c1-3-21(4-2)34-24(20-10-6-5-7-11-20)25(27(36)32-17-14-30-15-18-32)33(28(34)37)19-16-31-26(35)22-12-8-9-13-23(22)29/h3,5-13,30H,4,14-19H2,1-2H3,(H,31,35). The number of hydrogen-bond acceptors (Lipinski definition) is 4. The Balaban J connectivity index is 1.78.